The highest BCUT2D eigenvalue weighted by molar-refractivity contribution is 9.09. The Morgan fingerprint density at radius 2 is 1.87 bits per heavy atom. The van der Waals surface area contributed by atoms with Gasteiger partial charge in [0.2, 0.25) is 0 Å². The molecule has 0 atom stereocenters. The molecule has 82 valence electrons. The first kappa shape index (κ1) is 12.2. The van der Waals surface area contributed by atoms with E-state index >= 15 is 0 Å². The van der Waals surface area contributed by atoms with E-state index in [4.69, 9.17) is 4.74 Å². The van der Waals surface area contributed by atoms with Crippen LogP contribution < -0.4 is 0 Å². The van der Waals surface area contributed by atoms with E-state index in [0.717, 1.165) is 17.3 Å². The fraction of sp³-hybridized carbons (Fsp3) is 0.417. The van der Waals surface area contributed by atoms with E-state index in [2.05, 4.69) is 28.1 Å². The van der Waals surface area contributed by atoms with Crippen LogP contribution in [-0.4, -0.2) is 17.9 Å². The van der Waals surface area contributed by atoms with Gasteiger partial charge in [0.1, 0.15) is 0 Å². The number of carbonyl (C=O) groups excluding carboxylic acids is 1. The standard InChI is InChI=1S/C12H15BrO2/c1-2-15-12(14)9-11-5-3-10(4-6-11)7-8-13/h3-6H,2,7-9H2,1H3. The highest BCUT2D eigenvalue weighted by atomic mass is 79.9. The first-order valence-corrected chi connectivity index (χ1v) is 6.17. The van der Waals surface area contributed by atoms with E-state index in [1.807, 2.05) is 19.1 Å². The molecule has 0 saturated carbocycles. The molecule has 15 heavy (non-hydrogen) atoms. The first-order valence-electron chi connectivity index (χ1n) is 5.05. The Balaban J connectivity index is 2.52. The topological polar surface area (TPSA) is 26.3 Å². The smallest absolute Gasteiger partial charge is 0.310 e. The molecule has 0 aromatic heterocycles. The van der Waals surface area contributed by atoms with E-state index < -0.39 is 0 Å². The number of carbonyl (C=O) groups is 1. The average Bonchev–Trinajstić information content (AvgIpc) is 2.22. The monoisotopic (exact) mass is 270 g/mol. The van der Waals surface area contributed by atoms with Crippen molar-refractivity contribution in [1.82, 2.24) is 0 Å². The number of benzene rings is 1. The molecule has 0 N–H and O–H groups in total. The van der Waals surface area contributed by atoms with Gasteiger partial charge >= 0.3 is 5.97 Å². The third kappa shape index (κ3) is 4.47. The maximum atomic E-state index is 11.2. The molecule has 0 amide bonds. The Labute approximate surface area is 98.8 Å². The van der Waals surface area contributed by atoms with Crippen molar-refractivity contribution in [2.24, 2.45) is 0 Å². The molecular weight excluding hydrogens is 256 g/mol. The van der Waals surface area contributed by atoms with Gasteiger partial charge < -0.3 is 4.74 Å². The van der Waals surface area contributed by atoms with Crippen LogP contribution in [0.2, 0.25) is 0 Å². The predicted octanol–water partition coefficient (Wildman–Crippen LogP) is 2.73. The van der Waals surface area contributed by atoms with Gasteiger partial charge in [0.15, 0.2) is 0 Å². The number of alkyl halides is 1. The molecule has 0 heterocycles. The molecule has 1 aromatic rings. The molecule has 1 aromatic carbocycles. The van der Waals surface area contributed by atoms with Crippen LogP contribution in [0, 0.1) is 0 Å². The second-order valence-electron chi connectivity index (χ2n) is 3.24. The van der Waals surface area contributed by atoms with Crippen LogP contribution in [0.15, 0.2) is 24.3 Å². The summed E-state index contributed by atoms with van der Waals surface area (Å²) in [6.45, 7) is 2.26. The third-order valence-corrected chi connectivity index (χ3v) is 2.46. The molecule has 0 radical (unpaired) electrons. The van der Waals surface area contributed by atoms with Gasteiger partial charge in [0, 0.05) is 5.33 Å². The second-order valence-corrected chi connectivity index (χ2v) is 4.03. The molecular formula is C12H15BrO2. The van der Waals surface area contributed by atoms with E-state index in [1.54, 1.807) is 0 Å². The zero-order valence-electron chi connectivity index (χ0n) is 8.83. The Morgan fingerprint density at radius 3 is 2.40 bits per heavy atom. The van der Waals surface area contributed by atoms with Crippen LogP contribution in [0.1, 0.15) is 18.1 Å². The molecule has 3 heteroatoms. The normalized spacial score (nSPS) is 10.0. The third-order valence-electron chi connectivity index (χ3n) is 2.06. The van der Waals surface area contributed by atoms with E-state index in [9.17, 15) is 4.79 Å². The van der Waals surface area contributed by atoms with Crippen LogP contribution in [-0.2, 0) is 22.4 Å². The first-order chi connectivity index (χ1) is 7.26. The van der Waals surface area contributed by atoms with Crippen molar-refractivity contribution in [3.63, 3.8) is 0 Å². The Morgan fingerprint density at radius 1 is 1.27 bits per heavy atom. The summed E-state index contributed by atoms with van der Waals surface area (Å²) in [5, 5.41) is 0.963. The van der Waals surface area contributed by atoms with Crippen LogP contribution in [0.25, 0.3) is 0 Å². The lowest BCUT2D eigenvalue weighted by molar-refractivity contribution is -0.142. The van der Waals surface area contributed by atoms with Gasteiger partial charge in [-0.25, -0.2) is 0 Å². The predicted molar refractivity (Wildman–Crippen MR) is 64.3 cm³/mol. The number of hydrogen-bond acceptors (Lipinski definition) is 2. The minimum Gasteiger partial charge on any atom is -0.466 e. The summed E-state index contributed by atoms with van der Waals surface area (Å²) in [6, 6.07) is 8.06. The molecule has 2 nitrogen and oxygen atoms in total. The molecule has 0 fully saturated rings. The fourth-order valence-corrected chi connectivity index (χ4v) is 1.77. The minimum atomic E-state index is -0.161. The van der Waals surface area contributed by atoms with Gasteiger partial charge in [-0.1, -0.05) is 40.2 Å². The summed E-state index contributed by atoms with van der Waals surface area (Å²) >= 11 is 3.39. The van der Waals surface area contributed by atoms with Crippen molar-refractivity contribution >= 4 is 21.9 Å². The lowest BCUT2D eigenvalue weighted by Crippen LogP contribution is -2.07. The van der Waals surface area contributed by atoms with Gasteiger partial charge in [-0.15, -0.1) is 0 Å². The van der Waals surface area contributed by atoms with Crippen molar-refractivity contribution in [3.05, 3.63) is 35.4 Å². The molecule has 0 spiro atoms. The second kappa shape index (κ2) is 6.62. The zero-order chi connectivity index (χ0) is 11.1. The quantitative estimate of drug-likeness (QED) is 0.608. The molecule has 0 unspecified atom stereocenters. The highest BCUT2D eigenvalue weighted by Gasteiger charge is 2.03. The van der Waals surface area contributed by atoms with Crippen molar-refractivity contribution in [1.29, 1.82) is 0 Å². The van der Waals surface area contributed by atoms with Crippen LogP contribution in [0.4, 0.5) is 0 Å². The number of ether oxygens (including phenoxy) is 1. The van der Waals surface area contributed by atoms with E-state index in [1.165, 1.54) is 5.56 Å². The number of aryl methyl sites for hydroxylation is 1. The summed E-state index contributed by atoms with van der Waals surface area (Å²) in [4.78, 5) is 11.2. The molecule has 1 rings (SSSR count). The van der Waals surface area contributed by atoms with Gasteiger partial charge in [-0.3, -0.25) is 4.79 Å². The van der Waals surface area contributed by atoms with Crippen LogP contribution in [0.3, 0.4) is 0 Å². The Kier molecular flexibility index (Phi) is 5.40. The van der Waals surface area contributed by atoms with E-state index in [-0.39, 0.29) is 5.97 Å². The Hall–Kier alpha value is -0.830. The van der Waals surface area contributed by atoms with Crippen molar-refractivity contribution < 1.29 is 9.53 Å². The van der Waals surface area contributed by atoms with Gasteiger partial charge in [0.05, 0.1) is 13.0 Å². The molecule has 0 aliphatic carbocycles. The largest absolute Gasteiger partial charge is 0.466 e. The van der Waals surface area contributed by atoms with Crippen LogP contribution in [0.5, 0.6) is 0 Å². The summed E-state index contributed by atoms with van der Waals surface area (Å²) in [5.74, 6) is -0.161. The lowest BCUT2D eigenvalue weighted by Gasteiger charge is -2.03. The number of halogens is 1. The SMILES string of the molecule is CCOC(=O)Cc1ccc(CCBr)cc1. The summed E-state index contributed by atoms with van der Waals surface area (Å²) < 4.78 is 4.88. The fourth-order valence-electron chi connectivity index (χ4n) is 1.31. The maximum Gasteiger partial charge on any atom is 0.310 e. The molecule has 0 saturated heterocycles. The zero-order valence-corrected chi connectivity index (χ0v) is 10.4. The summed E-state index contributed by atoms with van der Waals surface area (Å²) in [7, 11) is 0. The maximum absolute atomic E-state index is 11.2. The van der Waals surface area contributed by atoms with Crippen molar-refractivity contribution in [2.75, 3.05) is 11.9 Å². The minimum absolute atomic E-state index is 0.161. The molecule has 0 aliphatic heterocycles. The summed E-state index contributed by atoms with van der Waals surface area (Å²) in [5.41, 5.74) is 2.28. The number of hydrogen-bond donors (Lipinski definition) is 0. The lowest BCUT2D eigenvalue weighted by atomic mass is 10.1. The number of rotatable bonds is 5. The van der Waals surface area contributed by atoms with E-state index in [0.29, 0.717) is 13.0 Å². The van der Waals surface area contributed by atoms with Crippen molar-refractivity contribution in [3.8, 4) is 0 Å². The van der Waals surface area contributed by atoms with Gasteiger partial charge in [-0.05, 0) is 24.5 Å². The Bertz CT molecular complexity index is 306. The molecule has 0 aliphatic rings. The number of esters is 1. The van der Waals surface area contributed by atoms with Gasteiger partial charge in [0.25, 0.3) is 0 Å². The van der Waals surface area contributed by atoms with Crippen LogP contribution >= 0.6 is 15.9 Å². The average molecular weight is 271 g/mol. The van der Waals surface area contributed by atoms with Crippen molar-refractivity contribution in [2.45, 2.75) is 19.8 Å². The molecule has 0 bridgehead atoms. The summed E-state index contributed by atoms with van der Waals surface area (Å²) in [6.07, 6.45) is 1.38. The highest BCUT2D eigenvalue weighted by Crippen LogP contribution is 2.07. The van der Waals surface area contributed by atoms with Gasteiger partial charge in [-0.2, -0.15) is 0 Å².